The number of aliphatic imine (C=N–C) groups is 1. The molecule has 3 atom stereocenters. The Morgan fingerprint density at radius 2 is 1.94 bits per heavy atom. The van der Waals surface area contributed by atoms with Crippen LogP contribution in [0.1, 0.15) is 48.7 Å². The number of anilines is 2. The number of guanidine groups is 1. The van der Waals surface area contributed by atoms with Gasteiger partial charge < -0.3 is 31.7 Å². The van der Waals surface area contributed by atoms with E-state index in [1.807, 2.05) is 24.3 Å². The number of nitrogen functional groups attached to an aromatic ring is 2. The first-order valence-corrected chi connectivity index (χ1v) is 11.9. The summed E-state index contributed by atoms with van der Waals surface area (Å²) in [6.07, 6.45) is 3.61. The summed E-state index contributed by atoms with van der Waals surface area (Å²) in [5.41, 5.74) is 12.4. The van der Waals surface area contributed by atoms with Gasteiger partial charge in [0.05, 0.1) is 18.7 Å². The molecule has 0 bridgehead atoms. The first kappa shape index (κ1) is 29.4. The number of aromatic nitrogens is 2. The molecule has 11 nitrogen and oxygen atoms in total. The molecule has 3 rings (SSSR count). The summed E-state index contributed by atoms with van der Waals surface area (Å²) in [5.74, 6) is 0.308. The summed E-state index contributed by atoms with van der Waals surface area (Å²) in [6.45, 7) is 1.81. The summed E-state index contributed by atoms with van der Waals surface area (Å²) in [5, 5.41) is 24.1. The molecule has 198 valence electrons. The predicted molar refractivity (Wildman–Crippen MR) is 142 cm³/mol. The van der Waals surface area contributed by atoms with Crippen LogP contribution < -0.4 is 26.8 Å². The van der Waals surface area contributed by atoms with Crippen molar-refractivity contribution in [3.63, 3.8) is 0 Å². The van der Waals surface area contributed by atoms with Crippen molar-refractivity contribution in [2.24, 2.45) is 4.99 Å². The topological polar surface area (TPSA) is 181 Å². The molecular formula is C23H33Cl2N7O4. The van der Waals surface area contributed by atoms with Crippen LogP contribution >= 0.6 is 24.0 Å². The molecule has 13 heteroatoms. The lowest BCUT2D eigenvalue weighted by molar-refractivity contribution is 0.0536. The molecular weight excluding hydrogens is 509 g/mol. The molecule has 36 heavy (non-hydrogen) atoms. The number of nitrogens with one attached hydrogen (secondary N) is 2. The van der Waals surface area contributed by atoms with Crippen molar-refractivity contribution in [3.05, 3.63) is 40.7 Å². The highest BCUT2D eigenvalue weighted by Gasteiger charge is 2.29. The van der Waals surface area contributed by atoms with Crippen molar-refractivity contribution in [3.8, 4) is 5.75 Å². The average Bonchev–Trinajstić information content (AvgIpc) is 3.21. The van der Waals surface area contributed by atoms with Gasteiger partial charge in [-0.3, -0.25) is 10.1 Å². The molecule has 0 fully saturated rings. The van der Waals surface area contributed by atoms with Gasteiger partial charge in [0, 0.05) is 0 Å². The zero-order valence-electron chi connectivity index (χ0n) is 20.0. The van der Waals surface area contributed by atoms with Gasteiger partial charge in [-0.05, 0) is 43.4 Å². The van der Waals surface area contributed by atoms with Crippen LogP contribution in [0.25, 0.3) is 0 Å². The van der Waals surface area contributed by atoms with Gasteiger partial charge in [-0.1, -0.05) is 37.1 Å². The van der Waals surface area contributed by atoms with E-state index < -0.39 is 12.0 Å². The van der Waals surface area contributed by atoms with Crippen molar-refractivity contribution >= 4 is 47.5 Å². The second-order valence-electron chi connectivity index (χ2n) is 8.36. The first-order valence-electron chi connectivity index (χ1n) is 11.6. The molecule has 0 aliphatic carbocycles. The van der Waals surface area contributed by atoms with Gasteiger partial charge in [-0.15, -0.1) is 12.4 Å². The Hall–Kier alpha value is -2.86. The molecule has 0 saturated carbocycles. The third-order valence-corrected chi connectivity index (χ3v) is 5.85. The van der Waals surface area contributed by atoms with Crippen molar-refractivity contribution in [1.82, 2.24) is 20.6 Å². The highest BCUT2D eigenvalue weighted by Crippen LogP contribution is 2.21. The Labute approximate surface area is 221 Å². The molecule has 1 aliphatic heterocycles. The second kappa shape index (κ2) is 14.0. The summed E-state index contributed by atoms with van der Waals surface area (Å²) in [4.78, 5) is 25.1. The van der Waals surface area contributed by atoms with E-state index in [9.17, 15) is 9.90 Å². The number of benzene rings is 1. The Morgan fingerprint density at radius 1 is 1.22 bits per heavy atom. The largest absolute Gasteiger partial charge is 0.491 e. The molecule has 0 saturated heterocycles. The van der Waals surface area contributed by atoms with E-state index in [0.717, 1.165) is 37.7 Å². The minimum atomic E-state index is -0.893. The summed E-state index contributed by atoms with van der Waals surface area (Å²) < 4.78 is 5.44. The maximum absolute atomic E-state index is 12.6. The van der Waals surface area contributed by atoms with Gasteiger partial charge in [0.15, 0.2) is 28.4 Å². The number of aliphatic hydroxyl groups is 2. The van der Waals surface area contributed by atoms with Crippen LogP contribution in [0.2, 0.25) is 5.15 Å². The fourth-order valence-corrected chi connectivity index (χ4v) is 3.89. The maximum atomic E-state index is 12.6. The Kier molecular flexibility index (Phi) is 11.4. The van der Waals surface area contributed by atoms with Gasteiger partial charge in [0.1, 0.15) is 18.5 Å². The number of nitrogens with two attached hydrogens (primary N) is 2. The lowest BCUT2D eigenvalue weighted by Crippen LogP contribution is -2.43. The van der Waals surface area contributed by atoms with Gasteiger partial charge in [-0.2, -0.15) is 0 Å². The van der Waals surface area contributed by atoms with E-state index in [2.05, 4.69) is 32.5 Å². The molecule has 8 N–H and O–H groups in total. The number of ether oxygens (including phenoxy) is 1. The van der Waals surface area contributed by atoms with Crippen LogP contribution in [0, 0.1) is 0 Å². The number of hydrogen-bond acceptors (Lipinski definition) is 10. The molecule has 1 aromatic heterocycles. The van der Waals surface area contributed by atoms with E-state index in [1.165, 1.54) is 0 Å². The molecule has 2 aromatic rings. The SMILES string of the molecule is CCCC1NC(NC(=O)c2nc(Cl)c(N)nc2N)=NC1CCCc1ccc(OC[C@@H](O)CO)cc1.Cl. The molecule has 1 aromatic carbocycles. The number of hydrogen-bond donors (Lipinski definition) is 6. The summed E-state index contributed by atoms with van der Waals surface area (Å²) in [7, 11) is 0. The van der Waals surface area contributed by atoms with E-state index in [-0.39, 0.29) is 60.2 Å². The standard InChI is InChI=1S/C23H32ClN7O4.ClH/c1-2-4-16-17(6-3-5-13-7-9-15(10-8-13)35-12-14(33)11-32)28-23(27-16)31-22(34)18-20(25)30-21(26)19(24)29-18;/h7-10,14,16-17,32-33H,2-6,11-12H2,1H3,(H4,25,26,30)(H2,27,28,31,34);1H/t14-,16?,17?;/m0./s1. The van der Waals surface area contributed by atoms with Crippen molar-refractivity contribution in [1.29, 1.82) is 0 Å². The zero-order valence-corrected chi connectivity index (χ0v) is 21.6. The van der Waals surface area contributed by atoms with E-state index in [0.29, 0.717) is 11.7 Å². The number of aryl methyl sites for hydroxylation is 1. The quantitative estimate of drug-likeness (QED) is 0.246. The number of aliphatic hydroxyl groups excluding tert-OH is 2. The smallest absolute Gasteiger partial charge is 0.280 e. The van der Waals surface area contributed by atoms with Crippen LogP contribution in [0.3, 0.4) is 0 Å². The highest BCUT2D eigenvalue weighted by atomic mass is 35.5. The number of rotatable bonds is 11. The number of carbonyl (C=O) groups excluding carboxylic acids is 1. The Balaban J connectivity index is 0.00000456. The third-order valence-electron chi connectivity index (χ3n) is 5.57. The van der Waals surface area contributed by atoms with Crippen molar-refractivity contribution in [2.45, 2.75) is 57.2 Å². The maximum Gasteiger partial charge on any atom is 0.280 e. The minimum Gasteiger partial charge on any atom is -0.491 e. The van der Waals surface area contributed by atoms with Crippen LogP contribution in [0.15, 0.2) is 29.3 Å². The highest BCUT2D eigenvalue weighted by molar-refractivity contribution is 6.31. The van der Waals surface area contributed by atoms with Crippen LogP contribution in [0.5, 0.6) is 5.75 Å². The normalized spacial score (nSPS) is 17.5. The molecule has 0 spiro atoms. The Morgan fingerprint density at radius 3 is 2.61 bits per heavy atom. The fourth-order valence-electron chi connectivity index (χ4n) is 3.76. The minimum absolute atomic E-state index is 0. The molecule has 2 heterocycles. The van der Waals surface area contributed by atoms with Crippen molar-refractivity contribution in [2.75, 3.05) is 24.7 Å². The number of halogens is 2. The number of carbonyl (C=O) groups is 1. The number of amides is 1. The molecule has 1 amide bonds. The predicted octanol–water partition coefficient (Wildman–Crippen LogP) is 1.70. The van der Waals surface area contributed by atoms with Gasteiger partial charge >= 0.3 is 0 Å². The van der Waals surface area contributed by atoms with Crippen LogP contribution in [-0.4, -0.2) is 63.4 Å². The average molecular weight is 542 g/mol. The van der Waals surface area contributed by atoms with Crippen molar-refractivity contribution < 1.29 is 19.7 Å². The first-order chi connectivity index (χ1) is 16.8. The van der Waals surface area contributed by atoms with Crippen LogP contribution in [-0.2, 0) is 6.42 Å². The molecule has 0 radical (unpaired) electrons. The van der Waals surface area contributed by atoms with Crippen LogP contribution in [0.4, 0.5) is 11.6 Å². The number of nitrogens with zero attached hydrogens (tertiary/aromatic N) is 3. The lowest BCUT2D eigenvalue weighted by Gasteiger charge is -2.18. The third kappa shape index (κ3) is 8.09. The fraction of sp³-hybridized carbons (Fsp3) is 0.478. The zero-order chi connectivity index (χ0) is 25.4. The molecule has 2 unspecified atom stereocenters. The summed E-state index contributed by atoms with van der Waals surface area (Å²) in [6, 6.07) is 7.79. The van der Waals surface area contributed by atoms with E-state index in [1.54, 1.807) is 0 Å². The van der Waals surface area contributed by atoms with Gasteiger partial charge in [0.2, 0.25) is 0 Å². The second-order valence-corrected chi connectivity index (χ2v) is 8.71. The lowest BCUT2D eigenvalue weighted by atomic mass is 9.98. The Bertz CT molecular complexity index is 1040. The van der Waals surface area contributed by atoms with Gasteiger partial charge in [-0.25, -0.2) is 15.0 Å². The molecule has 1 aliphatic rings. The summed E-state index contributed by atoms with van der Waals surface area (Å²) >= 11 is 5.88. The van der Waals surface area contributed by atoms with Gasteiger partial charge in [0.25, 0.3) is 5.91 Å². The van der Waals surface area contributed by atoms with E-state index in [4.69, 9.17) is 32.9 Å². The van der Waals surface area contributed by atoms with E-state index >= 15 is 0 Å². The monoisotopic (exact) mass is 541 g/mol.